The second-order valence-corrected chi connectivity index (χ2v) is 15.5. The number of nitrogens with zero attached hydrogens (tertiary/aromatic N) is 2. The third kappa shape index (κ3) is 5.49. The third-order valence-corrected chi connectivity index (χ3v) is 11.9. The first-order valence-electron chi connectivity index (χ1n) is 12.1. The molecule has 1 aromatic heterocycles. The Morgan fingerprint density at radius 3 is 2.45 bits per heavy atom. The highest BCUT2D eigenvalue weighted by Gasteiger charge is 2.36. The molecule has 1 aliphatic heterocycles. The average Bonchev–Trinajstić information content (AvgIpc) is 2.98. The monoisotopic (exact) mass is 473 g/mol. The Morgan fingerprint density at radius 1 is 1.09 bits per heavy atom. The number of fused-ring (bicyclic) bond motifs is 1. The van der Waals surface area contributed by atoms with Crippen LogP contribution < -0.4 is 11.0 Å². The molecule has 0 radical (unpaired) electrons. The van der Waals surface area contributed by atoms with Crippen molar-refractivity contribution in [2.45, 2.75) is 89.9 Å². The Morgan fingerprint density at radius 2 is 1.79 bits per heavy atom. The highest BCUT2D eigenvalue weighted by molar-refractivity contribution is 6.74. The van der Waals surface area contributed by atoms with Crippen molar-refractivity contribution < 1.29 is 14.0 Å². The Hall–Kier alpha value is -2.19. The summed E-state index contributed by atoms with van der Waals surface area (Å²) < 4.78 is 9.46. The molecule has 1 saturated heterocycles. The molecule has 0 spiro atoms. The van der Waals surface area contributed by atoms with E-state index in [1.54, 1.807) is 16.2 Å². The number of amides is 2. The molecule has 1 aromatic carbocycles. The first-order valence-corrected chi connectivity index (χ1v) is 15.0. The minimum Gasteiger partial charge on any atom is -0.417 e. The van der Waals surface area contributed by atoms with Crippen LogP contribution in [-0.4, -0.2) is 35.9 Å². The van der Waals surface area contributed by atoms with Gasteiger partial charge in [0.05, 0.1) is 11.0 Å². The number of piperidine rings is 1. The zero-order chi connectivity index (χ0) is 24.4. The van der Waals surface area contributed by atoms with E-state index in [0.717, 1.165) is 55.3 Å². The van der Waals surface area contributed by atoms with Crippen LogP contribution in [0, 0.1) is 0 Å². The summed E-state index contributed by atoms with van der Waals surface area (Å²) in [5, 5.41) is 2.61. The number of hydrogen-bond acceptors (Lipinski definition) is 4. The molecule has 1 unspecified atom stereocenters. The quantitative estimate of drug-likeness (QED) is 0.332. The van der Waals surface area contributed by atoms with Crippen LogP contribution in [-0.2, 0) is 27.5 Å². The fourth-order valence-corrected chi connectivity index (χ4v) is 5.35. The maximum Gasteiger partial charge on any atom is 0.329 e. The number of unbranched alkanes of at least 4 members (excludes halogenated alkanes) is 3. The lowest BCUT2D eigenvalue weighted by atomic mass is 10.0. The van der Waals surface area contributed by atoms with Gasteiger partial charge in [-0.15, -0.1) is 0 Å². The number of rotatable bonds is 9. The smallest absolute Gasteiger partial charge is 0.329 e. The van der Waals surface area contributed by atoms with E-state index in [-0.39, 0.29) is 23.1 Å². The number of carbonyl (C=O) groups excluding carboxylic acids is 2. The lowest BCUT2D eigenvalue weighted by Crippen LogP contribution is -2.44. The van der Waals surface area contributed by atoms with E-state index >= 15 is 0 Å². The fraction of sp³-hybridized carbons (Fsp3) is 0.640. The molecule has 2 heterocycles. The highest BCUT2D eigenvalue weighted by atomic mass is 28.4. The normalized spacial score (nSPS) is 17.6. The van der Waals surface area contributed by atoms with E-state index in [1.807, 2.05) is 12.1 Å². The molecule has 1 atom stereocenters. The average molecular weight is 474 g/mol. The standard InChI is InChI=1S/C25H39N3O4Si/c1-25(2,3)33(5,6)32-17-10-8-7-9-12-18-13-11-14-19-22(18)27(4)24(31)28(19)20-15-16-21(29)26-23(20)30/h11,13-14,20H,7-10,12,15-17H2,1-6H3,(H,26,29,30). The fourth-order valence-electron chi connectivity index (χ4n) is 4.27. The van der Waals surface area contributed by atoms with Gasteiger partial charge in [-0.05, 0) is 55.4 Å². The van der Waals surface area contributed by atoms with Crippen LogP contribution in [0.1, 0.15) is 70.9 Å². The lowest BCUT2D eigenvalue weighted by Gasteiger charge is -2.36. The van der Waals surface area contributed by atoms with E-state index in [2.05, 4.69) is 45.2 Å². The molecule has 7 nitrogen and oxygen atoms in total. The minimum atomic E-state index is -1.67. The van der Waals surface area contributed by atoms with Crippen molar-refractivity contribution in [1.82, 2.24) is 14.5 Å². The van der Waals surface area contributed by atoms with Gasteiger partial charge >= 0.3 is 5.69 Å². The predicted octanol–water partition coefficient (Wildman–Crippen LogP) is 4.44. The van der Waals surface area contributed by atoms with Crippen LogP contribution in [0.3, 0.4) is 0 Å². The molecule has 2 aromatic rings. The highest BCUT2D eigenvalue weighted by Crippen LogP contribution is 2.36. The van der Waals surface area contributed by atoms with Crippen LogP contribution >= 0.6 is 0 Å². The van der Waals surface area contributed by atoms with Gasteiger partial charge in [0.2, 0.25) is 11.8 Å². The lowest BCUT2D eigenvalue weighted by molar-refractivity contribution is -0.135. The zero-order valence-electron chi connectivity index (χ0n) is 21.0. The van der Waals surface area contributed by atoms with Gasteiger partial charge < -0.3 is 4.43 Å². The first-order chi connectivity index (χ1) is 15.4. The molecule has 0 bridgehead atoms. The minimum absolute atomic E-state index is 0.213. The summed E-state index contributed by atoms with van der Waals surface area (Å²) in [5.41, 5.74) is 2.55. The van der Waals surface area contributed by atoms with Gasteiger partial charge in [0.1, 0.15) is 6.04 Å². The summed E-state index contributed by atoms with van der Waals surface area (Å²) in [6.45, 7) is 12.2. The molecule has 1 fully saturated rings. The molecule has 33 heavy (non-hydrogen) atoms. The molecule has 8 heteroatoms. The van der Waals surface area contributed by atoms with Crippen molar-refractivity contribution in [1.29, 1.82) is 0 Å². The van der Waals surface area contributed by atoms with Gasteiger partial charge in [0.15, 0.2) is 8.32 Å². The topological polar surface area (TPSA) is 82.3 Å². The summed E-state index contributed by atoms with van der Waals surface area (Å²) in [6.07, 6.45) is 5.83. The second-order valence-electron chi connectivity index (χ2n) is 10.7. The van der Waals surface area contributed by atoms with Gasteiger partial charge in [-0.1, -0.05) is 45.7 Å². The number of nitrogens with one attached hydrogen (secondary N) is 1. The summed E-state index contributed by atoms with van der Waals surface area (Å²) in [7, 11) is 0.0877. The van der Waals surface area contributed by atoms with Crippen molar-refractivity contribution >= 4 is 31.2 Å². The van der Waals surface area contributed by atoms with Crippen LogP contribution in [0.15, 0.2) is 23.0 Å². The van der Waals surface area contributed by atoms with Crippen molar-refractivity contribution in [3.05, 3.63) is 34.2 Å². The molecule has 182 valence electrons. The Balaban J connectivity index is 1.62. The number of para-hydroxylation sites is 1. The van der Waals surface area contributed by atoms with Crippen LogP contribution in [0.5, 0.6) is 0 Å². The Labute approximate surface area is 197 Å². The SMILES string of the molecule is Cn1c(=O)n(C2CCC(=O)NC2=O)c2cccc(CCCCCCO[Si](C)(C)C(C)(C)C)c21. The van der Waals surface area contributed by atoms with E-state index in [1.165, 1.54) is 0 Å². The van der Waals surface area contributed by atoms with Crippen molar-refractivity contribution in [2.75, 3.05) is 6.61 Å². The zero-order valence-corrected chi connectivity index (χ0v) is 22.0. The molecule has 1 aliphatic rings. The molecule has 3 rings (SSSR count). The molecule has 2 amide bonds. The van der Waals surface area contributed by atoms with E-state index in [0.29, 0.717) is 6.42 Å². The second kappa shape index (κ2) is 9.97. The molecule has 1 N–H and O–H groups in total. The largest absolute Gasteiger partial charge is 0.417 e. The summed E-state index contributed by atoms with van der Waals surface area (Å²) in [4.78, 5) is 37.0. The first kappa shape index (κ1) is 25.4. The number of carbonyl (C=O) groups is 2. The maximum atomic E-state index is 13.0. The summed E-state index contributed by atoms with van der Waals surface area (Å²) in [6, 6.07) is 5.27. The number of imidazole rings is 1. The van der Waals surface area contributed by atoms with Gasteiger partial charge in [-0.2, -0.15) is 0 Å². The molecule has 0 saturated carbocycles. The maximum absolute atomic E-state index is 13.0. The van der Waals surface area contributed by atoms with Crippen LogP contribution in [0.25, 0.3) is 11.0 Å². The number of aryl methyl sites for hydroxylation is 2. The third-order valence-electron chi connectivity index (χ3n) is 7.32. The van der Waals surface area contributed by atoms with Crippen molar-refractivity contribution in [3.8, 4) is 0 Å². The molecular weight excluding hydrogens is 434 g/mol. The summed E-state index contributed by atoms with van der Waals surface area (Å²) in [5.74, 6) is -0.675. The number of hydrogen-bond donors (Lipinski definition) is 1. The summed E-state index contributed by atoms with van der Waals surface area (Å²) >= 11 is 0. The van der Waals surface area contributed by atoms with Crippen LogP contribution in [0.2, 0.25) is 18.1 Å². The Bertz CT molecular complexity index is 1080. The number of imide groups is 1. The van der Waals surface area contributed by atoms with Crippen molar-refractivity contribution in [3.63, 3.8) is 0 Å². The van der Waals surface area contributed by atoms with Gasteiger partial charge in [-0.25, -0.2) is 4.79 Å². The van der Waals surface area contributed by atoms with E-state index in [9.17, 15) is 14.4 Å². The molecular formula is C25H39N3O4Si. The van der Waals surface area contributed by atoms with Gasteiger partial charge in [0, 0.05) is 20.1 Å². The predicted molar refractivity (Wildman–Crippen MR) is 134 cm³/mol. The van der Waals surface area contributed by atoms with Crippen molar-refractivity contribution in [2.24, 2.45) is 7.05 Å². The van der Waals surface area contributed by atoms with Gasteiger partial charge in [0.25, 0.3) is 0 Å². The molecule has 0 aliphatic carbocycles. The number of benzene rings is 1. The number of aromatic nitrogens is 2. The Kier molecular flexibility index (Phi) is 7.68. The van der Waals surface area contributed by atoms with E-state index in [4.69, 9.17) is 4.43 Å². The van der Waals surface area contributed by atoms with Gasteiger partial charge in [-0.3, -0.25) is 24.0 Å². The van der Waals surface area contributed by atoms with E-state index < -0.39 is 20.3 Å². The van der Waals surface area contributed by atoms with Crippen LogP contribution in [0.4, 0.5) is 0 Å².